The van der Waals surface area contributed by atoms with Crippen molar-refractivity contribution in [2.75, 3.05) is 13.6 Å². The second-order valence-electron chi connectivity index (χ2n) is 3.72. The zero-order valence-electron chi connectivity index (χ0n) is 10.8. The van der Waals surface area contributed by atoms with Gasteiger partial charge in [-0.15, -0.1) is 0 Å². The maximum Gasteiger partial charge on any atom is 0.271 e. The largest absolute Gasteiger partial charge is 0.354 e. The van der Waals surface area contributed by atoms with Gasteiger partial charge in [0.05, 0.1) is 5.69 Å². The Bertz CT molecular complexity index is 449. The lowest BCUT2D eigenvalue weighted by molar-refractivity contribution is -0.486. The van der Waals surface area contributed by atoms with Gasteiger partial charge in [-0.3, -0.25) is 4.98 Å². The Kier molecular flexibility index (Phi) is 6.46. The molecule has 0 atom stereocenters. The maximum atomic E-state index is 10.5. The minimum atomic E-state index is -0.702. The number of nitrogens with one attached hydrogen (secondary N) is 1. The summed E-state index contributed by atoms with van der Waals surface area (Å²) in [4.78, 5) is 16.5. The fraction of sp³-hybridized carbons (Fsp3) is 0.455. The molecule has 0 aliphatic carbocycles. The number of hydrazone groups is 1. The number of pyridine rings is 1. The summed E-state index contributed by atoms with van der Waals surface area (Å²) >= 11 is 2.25. The van der Waals surface area contributed by atoms with Crippen LogP contribution in [0.1, 0.15) is 18.2 Å². The average Bonchev–Trinajstić information content (AvgIpc) is 2.43. The van der Waals surface area contributed by atoms with Gasteiger partial charge in [-0.05, 0) is 18.6 Å². The molecule has 1 rings (SSSR count). The van der Waals surface area contributed by atoms with E-state index in [-0.39, 0.29) is 5.96 Å². The molecule has 0 radical (unpaired) electrons. The highest BCUT2D eigenvalue weighted by Crippen LogP contribution is 2.07. The van der Waals surface area contributed by atoms with Crippen LogP contribution in [0.4, 0.5) is 0 Å². The molecule has 0 saturated heterocycles. The summed E-state index contributed by atoms with van der Waals surface area (Å²) in [6.07, 6.45) is 1.79. The van der Waals surface area contributed by atoms with E-state index in [1.165, 1.54) is 0 Å². The van der Waals surface area contributed by atoms with E-state index in [1.54, 1.807) is 18.1 Å². The van der Waals surface area contributed by atoms with Crippen molar-refractivity contribution in [3.05, 3.63) is 39.7 Å². The van der Waals surface area contributed by atoms with Crippen molar-refractivity contribution in [3.63, 3.8) is 0 Å². The van der Waals surface area contributed by atoms with Gasteiger partial charge in [0.1, 0.15) is 5.10 Å². The third kappa shape index (κ3) is 4.97. The van der Waals surface area contributed by atoms with E-state index in [4.69, 9.17) is 0 Å². The molecule has 0 unspecified atom stereocenters. The highest BCUT2D eigenvalue weighted by atomic mass is 127. The molecule has 0 fully saturated rings. The van der Waals surface area contributed by atoms with Crippen LogP contribution < -0.4 is 5.32 Å². The van der Waals surface area contributed by atoms with Crippen molar-refractivity contribution in [2.45, 2.75) is 17.9 Å². The van der Waals surface area contributed by atoms with Crippen LogP contribution in [0, 0.1) is 10.1 Å². The smallest absolute Gasteiger partial charge is 0.271 e. The number of guanidine groups is 1. The number of hydrogen-bond donors (Lipinski definition) is 1. The second-order valence-corrected chi connectivity index (χ2v) is 4.48. The SMILES string of the molecule is CCN(Cc1ccc(CI)nc1)/C(=N/[N+](=O)[O-])NC. The molecule has 0 spiro atoms. The number of nitro groups is 1. The first kappa shape index (κ1) is 15.6. The first-order chi connectivity index (χ1) is 9.10. The van der Waals surface area contributed by atoms with Gasteiger partial charge in [-0.1, -0.05) is 28.7 Å². The molecule has 0 aromatic carbocycles. The number of rotatable bonds is 5. The van der Waals surface area contributed by atoms with Crippen molar-refractivity contribution in [1.29, 1.82) is 0 Å². The van der Waals surface area contributed by atoms with Crippen LogP contribution in [0.5, 0.6) is 0 Å². The summed E-state index contributed by atoms with van der Waals surface area (Å²) < 4.78 is 0.861. The van der Waals surface area contributed by atoms with Crippen LogP contribution in [0.25, 0.3) is 0 Å². The van der Waals surface area contributed by atoms with Crippen molar-refractivity contribution in [1.82, 2.24) is 15.2 Å². The van der Waals surface area contributed by atoms with E-state index in [2.05, 4.69) is 38.0 Å². The minimum absolute atomic E-state index is 0.241. The molecule has 0 bridgehead atoms. The third-order valence-electron chi connectivity index (χ3n) is 2.48. The van der Waals surface area contributed by atoms with Gasteiger partial charge in [-0.25, -0.2) is 10.1 Å². The van der Waals surface area contributed by atoms with E-state index in [0.29, 0.717) is 13.1 Å². The summed E-state index contributed by atoms with van der Waals surface area (Å²) in [6.45, 7) is 3.06. The normalized spacial score (nSPS) is 11.2. The molecule has 19 heavy (non-hydrogen) atoms. The molecule has 7 nitrogen and oxygen atoms in total. The van der Waals surface area contributed by atoms with Gasteiger partial charge >= 0.3 is 0 Å². The summed E-state index contributed by atoms with van der Waals surface area (Å²) in [5.41, 5.74) is 2.00. The van der Waals surface area contributed by atoms with Crippen LogP contribution in [-0.4, -0.2) is 34.5 Å². The predicted molar refractivity (Wildman–Crippen MR) is 81.5 cm³/mol. The molecule has 1 N–H and O–H groups in total. The van der Waals surface area contributed by atoms with Gasteiger partial charge in [-0.2, -0.15) is 0 Å². The van der Waals surface area contributed by atoms with E-state index >= 15 is 0 Å². The number of aromatic nitrogens is 1. The highest BCUT2D eigenvalue weighted by molar-refractivity contribution is 14.1. The molecule has 0 saturated carbocycles. The molecule has 0 aliphatic heterocycles. The third-order valence-corrected chi connectivity index (χ3v) is 3.26. The van der Waals surface area contributed by atoms with E-state index in [0.717, 1.165) is 15.7 Å². The Hall–Kier alpha value is -1.45. The van der Waals surface area contributed by atoms with Gasteiger partial charge in [0, 0.05) is 30.8 Å². The van der Waals surface area contributed by atoms with Crippen LogP contribution >= 0.6 is 22.6 Å². The fourth-order valence-electron chi connectivity index (χ4n) is 1.53. The van der Waals surface area contributed by atoms with Crippen molar-refractivity contribution < 1.29 is 5.03 Å². The molecule has 1 heterocycles. The maximum absolute atomic E-state index is 10.5. The lowest BCUT2D eigenvalue weighted by Crippen LogP contribution is -2.39. The van der Waals surface area contributed by atoms with E-state index < -0.39 is 5.03 Å². The van der Waals surface area contributed by atoms with Gasteiger partial charge < -0.3 is 10.2 Å². The monoisotopic (exact) mass is 377 g/mol. The summed E-state index contributed by atoms with van der Waals surface area (Å²) in [7, 11) is 1.61. The topological polar surface area (TPSA) is 83.7 Å². The van der Waals surface area contributed by atoms with Gasteiger partial charge in [0.2, 0.25) is 0 Å². The zero-order chi connectivity index (χ0) is 14.3. The number of hydrogen-bond acceptors (Lipinski definition) is 3. The first-order valence-electron chi connectivity index (χ1n) is 5.76. The summed E-state index contributed by atoms with van der Waals surface area (Å²) in [5, 5.41) is 15.8. The fourth-order valence-corrected chi connectivity index (χ4v) is 1.98. The predicted octanol–water partition coefficient (Wildman–Crippen LogP) is 1.61. The lowest BCUT2D eigenvalue weighted by atomic mass is 10.2. The average molecular weight is 377 g/mol. The van der Waals surface area contributed by atoms with Crippen LogP contribution in [0.15, 0.2) is 23.4 Å². The van der Waals surface area contributed by atoms with Crippen LogP contribution in [-0.2, 0) is 11.0 Å². The van der Waals surface area contributed by atoms with Gasteiger partial charge in [0.25, 0.3) is 5.96 Å². The first-order valence-corrected chi connectivity index (χ1v) is 7.28. The molecular formula is C11H16IN5O2. The molecular weight excluding hydrogens is 361 g/mol. The molecule has 104 valence electrons. The Labute approximate surface area is 125 Å². The standard InChI is InChI=1S/C11H16IN5O2/c1-3-16(11(13-2)15-17(18)19)8-9-4-5-10(6-12)14-7-9/h4-5,7H,3,6,8H2,1-2H3,(H,13,15). The molecule has 0 aliphatic rings. The minimum Gasteiger partial charge on any atom is -0.354 e. The Morgan fingerprint density at radius 1 is 1.63 bits per heavy atom. The molecule has 8 heteroatoms. The number of halogens is 1. The molecule has 1 aromatic rings. The second kappa shape index (κ2) is 7.87. The lowest BCUT2D eigenvalue weighted by Gasteiger charge is -2.21. The number of alkyl halides is 1. The quantitative estimate of drug-likeness (QED) is 0.211. The van der Waals surface area contributed by atoms with Crippen LogP contribution in [0.2, 0.25) is 0 Å². The van der Waals surface area contributed by atoms with Gasteiger partial charge in [0.15, 0.2) is 5.03 Å². The zero-order valence-corrected chi connectivity index (χ0v) is 13.0. The van der Waals surface area contributed by atoms with E-state index in [9.17, 15) is 10.1 Å². The number of nitrogens with zero attached hydrogens (tertiary/aromatic N) is 4. The summed E-state index contributed by atoms with van der Waals surface area (Å²) in [5.74, 6) is 0.241. The van der Waals surface area contributed by atoms with Crippen molar-refractivity contribution in [3.8, 4) is 0 Å². The Balaban J connectivity index is 2.82. The molecule has 1 aromatic heterocycles. The molecule has 0 amide bonds. The van der Waals surface area contributed by atoms with Crippen molar-refractivity contribution in [2.24, 2.45) is 5.10 Å². The summed E-state index contributed by atoms with van der Waals surface area (Å²) in [6, 6.07) is 3.93. The van der Waals surface area contributed by atoms with E-state index in [1.807, 2.05) is 19.1 Å². The van der Waals surface area contributed by atoms with Crippen LogP contribution in [0.3, 0.4) is 0 Å². The Morgan fingerprint density at radius 3 is 2.79 bits per heavy atom. The highest BCUT2D eigenvalue weighted by Gasteiger charge is 2.12. The Morgan fingerprint density at radius 2 is 2.37 bits per heavy atom. The van der Waals surface area contributed by atoms with Crippen molar-refractivity contribution >= 4 is 28.6 Å².